The van der Waals surface area contributed by atoms with E-state index in [1.807, 2.05) is 41.9 Å². The van der Waals surface area contributed by atoms with Crippen LogP contribution in [0.5, 0.6) is 0 Å². The molecule has 8 heteroatoms. The summed E-state index contributed by atoms with van der Waals surface area (Å²) < 4.78 is 1.89. The Balaban J connectivity index is 1.43. The summed E-state index contributed by atoms with van der Waals surface area (Å²) in [5.41, 5.74) is 2.75. The van der Waals surface area contributed by atoms with Crippen molar-refractivity contribution in [2.45, 2.75) is 30.8 Å². The molecule has 0 fully saturated rings. The van der Waals surface area contributed by atoms with E-state index in [-0.39, 0.29) is 11.7 Å². The molecule has 142 valence electrons. The van der Waals surface area contributed by atoms with Crippen LogP contribution in [0, 0.1) is 11.3 Å². The van der Waals surface area contributed by atoms with Crippen LogP contribution in [0.15, 0.2) is 35.5 Å². The molecular weight excluding hydrogens is 390 g/mol. The molecule has 1 N–H and O–H groups in total. The summed E-state index contributed by atoms with van der Waals surface area (Å²) in [6, 6.07) is 12.1. The number of fused-ring (bicyclic) bond motifs is 1. The van der Waals surface area contributed by atoms with Gasteiger partial charge in [-0.3, -0.25) is 4.79 Å². The molecule has 1 aromatic carbocycles. The van der Waals surface area contributed by atoms with E-state index in [9.17, 15) is 10.1 Å². The van der Waals surface area contributed by atoms with Crippen LogP contribution in [0.3, 0.4) is 0 Å². The third-order valence-electron chi connectivity index (χ3n) is 4.74. The van der Waals surface area contributed by atoms with E-state index in [0.717, 1.165) is 42.6 Å². The van der Waals surface area contributed by atoms with Gasteiger partial charge < -0.3 is 9.88 Å². The molecule has 0 aliphatic heterocycles. The fourth-order valence-corrected chi connectivity index (χ4v) is 5.31. The number of nitrogens with one attached hydrogen (secondary N) is 1. The third kappa shape index (κ3) is 3.68. The second-order valence-electron chi connectivity index (χ2n) is 6.59. The average Bonchev–Trinajstić information content (AvgIpc) is 3.26. The topological polar surface area (TPSA) is 83.6 Å². The fraction of sp³-hybridized carbons (Fsp3) is 0.300. The van der Waals surface area contributed by atoms with Crippen molar-refractivity contribution in [3.05, 3.63) is 46.3 Å². The van der Waals surface area contributed by atoms with Crippen molar-refractivity contribution in [1.29, 1.82) is 5.26 Å². The second kappa shape index (κ2) is 8.17. The predicted octanol–water partition coefficient (Wildman–Crippen LogP) is 4.02. The highest BCUT2D eigenvalue weighted by atomic mass is 32.2. The minimum atomic E-state index is -0.135. The first-order valence-corrected chi connectivity index (χ1v) is 10.9. The maximum atomic E-state index is 12.5. The summed E-state index contributed by atoms with van der Waals surface area (Å²) in [4.78, 5) is 13.7. The molecule has 1 aliphatic rings. The first-order valence-electron chi connectivity index (χ1n) is 9.09. The van der Waals surface area contributed by atoms with Gasteiger partial charge >= 0.3 is 0 Å². The maximum absolute atomic E-state index is 12.5. The number of thiophene rings is 1. The van der Waals surface area contributed by atoms with Gasteiger partial charge in [0.1, 0.15) is 11.1 Å². The zero-order valence-electron chi connectivity index (χ0n) is 15.4. The lowest BCUT2D eigenvalue weighted by Gasteiger charge is -2.09. The zero-order valence-corrected chi connectivity index (χ0v) is 17.1. The Morgan fingerprint density at radius 1 is 1.29 bits per heavy atom. The molecule has 6 nitrogen and oxygen atoms in total. The van der Waals surface area contributed by atoms with Gasteiger partial charge in [0.25, 0.3) is 0 Å². The first-order chi connectivity index (χ1) is 13.7. The smallest absolute Gasteiger partial charge is 0.235 e. The zero-order chi connectivity index (χ0) is 19.5. The molecule has 28 heavy (non-hydrogen) atoms. The summed E-state index contributed by atoms with van der Waals surface area (Å²) in [5.74, 6) is 0.847. The summed E-state index contributed by atoms with van der Waals surface area (Å²) in [6.45, 7) is 0. The SMILES string of the molecule is Cn1c(SCC(=O)Nc2sc3c(c2C#N)CCCC3)nnc1-c1ccccc1. The van der Waals surface area contributed by atoms with Crippen LogP contribution in [0.2, 0.25) is 0 Å². The number of hydrogen-bond donors (Lipinski definition) is 1. The van der Waals surface area contributed by atoms with Gasteiger partial charge in [-0.25, -0.2) is 0 Å². The van der Waals surface area contributed by atoms with Crippen molar-refractivity contribution in [2.75, 3.05) is 11.1 Å². The van der Waals surface area contributed by atoms with Crippen LogP contribution in [0.4, 0.5) is 5.00 Å². The number of rotatable bonds is 5. The molecule has 0 radical (unpaired) electrons. The van der Waals surface area contributed by atoms with Crippen LogP contribution in [-0.4, -0.2) is 26.4 Å². The molecule has 0 bridgehead atoms. The van der Waals surface area contributed by atoms with E-state index in [1.165, 1.54) is 16.6 Å². The quantitative estimate of drug-likeness (QED) is 0.643. The largest absolute Gasteiger partial charge is 0.316 e. The lowest BCUT2D eigenvalue weighted by atomic mass is 9.96. The first kappa shape index (κ1) is 18.7. The number of thioether (sulfide) groups is 1. The molecule has 0 atom stereocenters. The van der Waals surface area contributed by atoms with Crippen LogP contribution < -0.4 is 5.32 Å². The molecule has 1 aliphatic carbocycles. The van der Waals surface area contributed by atoms with Crippen molar-refractivity contribution >= 4 is 34.0 Å². The highest BCUT2D eigenvalue weighted by Gasteiger charge is 2.22. The standard InChI is InChI=1S/C20H19N5OS2/c1-25-18(13-7-3-2-4-8-13)23-24-20(25)27-12-17(26)22-19-15(11-21)14-9-5-6-10-16(14)28-19/h2-4,7-8H,5-6,9-10,12H2,1H3,(H,22,26). The van der Waals surface area contributed by atoms with Gasteiger partial charge in [0, 0.05) is 17.5 Å². The van der Waals surface area contributed by atoms with Gasteiger partial charge in [-0.2, -0.15) is 5.26 Å². The average molecular weight is 410 g/mol. The van der Waals surface area contributed by atoms with Crippen molar-refractivity contribution in [1.82, 2.24) is 14.8 Å². The van der Waals surface area contributed by atoms with Crippen molar-refractivity contribution in [3.63, 3.8) is 0 Å². The number of benzene rings is 1. The Bertz CT molecular complexity index is 1050. The number of aryl methyl sites for hydroxylation is 1. The lowest BCUT2D eigenvalue weighted by molar-refractivity contribution is -0.113. The Morgan fingerprint density at radius 2 is 2.07 bits per heavy atom. The number of amides is 1. The van der Waals surface area contributed by atoms with E-state index in [1.54, 1.807) is 11.3 Å². The van der Waals surface area contributed by atoms with E-state index in [0.29, 0.717) is 15.7 Å². The van der Waals surface area contributed by atoms with E-state index < -0.39 is 0 Å². The highest BCUT2D eigenvalue weighted by Crippen LogP contribution is 2.37. The minimum Gasteiger partial charge on any atom is -0.316 e. The molecule has 0 saturated carbocycles. The summed E-state index contributed by atoms with van der Waals surface area (Å²) in [6.07, 6.45) is 4.19. The van der Waals surface area contributed by atoms with Gasteiger partial charge in [0.15, 0.2) is 11.0 Å². The normalized spacial score (nSPS) is 13.0. The molecule has 2 aromatic heterocycles. The molecule has 0 unspecified atom stereocenters. The van der Waals surface area contributed by atoms with Gasteiger partial charge in [-0.15, -0.1) is 21.5 Å². The Labute approximate surface area is 171 Å². The van der Waals surface area contributed by atoms with E-state index in [4.69, 9.17) is 0 Å². The number of nitrogens with zero attached hydrogens (tertiary/aromatic N) is 4. The Morgan fingerprint density at radius 3 is 2.86 bits per heavy atom. The van der Waals surface area contributed by atoms with E-state index >= 15 is 0 Å². The summed E-state index contributed by atoms with van der Waals surface area (Å²) in [7, 11) is 1.89. The number of carbonyl (C=O) groups excluding carboxylic acids is 1. The maximum Gasteiger partial charge on any atom is 0.235 e. The highest BCUT2D eigenvalue weighted by molar-refractivity contribution is 7.99. The number of anilines is 1. The lowest BCUT2D eigenvalue weighted by Crippen LogP contribution is -2.14. The third-order valence-corrected chi connectivity index (χ3v) is 6.96. The number of aromatic nitrogens is 3. The van der Waals surface area contributed by atoms with Crippen molar-refractivity contribution in [3.8, 4) is 17.5 Å². The van der Waals surface area contributed by atoms with Crippen LogP contribution in [-0.2, 0) is 24.7 Å². The van der Waals surface area contributed by atoms with Gasteiger partial charge in [0.2, 0.25) is 5.91 Å². The number of carbonyl (C=O) groups is 1. The molecule has 0 saturated heterocycles. The fourth-order valence-electron chi connectivity index (χ4n) is 3.34. The van der Waals surface area contributed by atoms with Crippen LogP contribution in [0.25, 0.3) is 11.4 Å². The van der Waals surface area contributed by atoms with Gasteiger partial charge in [0.05, 0.1) is 11.3 Å². The number of nitriles is 1. The summed E-state index contributed by atoms with van der Waals surface area (Å²) >= 11 is 2.88. The van der Waals surface area contributed by atoms with Crippen LogP contribution in [0.1, 0.15) is 28.8 Å². The summed E-state index contributed by atoms with van der Waals surface area (Å²) in [5, 5.41) is 22.2. The second-order valence-corrected chi connectivity index (χ2v) is 8.64. The molecule has 2 heterocycles. The van der Waals surface area contributed by atoms with Gasteiger partial charge in [-0.1, -0.05) is 42.1 Å². The Hall–Kier alpha value is -2.63. The van der Waals surface area contributed by atoms with Crippen molar-refractivity contribution < 1.29 is 4.79 Å². The monoisotopic (exact) mass is 409 g/mol. The molecule has 3 aromatic rings. The molecule has 4 rings (SSSR count). The van der Waals surface area contributed by atoms with Crippen molar-refractivity contribution in [2.24, 2.45) is 7.05 Å². The van der Waals surface area contributed by atoms with Crippen LogP contribution >= 0.6 is 23.1 Å². The molecule has 0 spiro atoms. The predicted molar refractivity (Wildman–Crippen MR) is 111 cm³/mol. The molecular formula is C20H19N5OS2. The van der Waals surface area contributed by atoms with Gasteiger partial charge in [-0.05, 0) is 31.2 Å². The number of hydrogen-bond acceptors (Lipinski definition) is 6. The van der Waals surface area contributed by atoms with E-state index in [2.05, 4.69) is 21.6 Å². The minimum absolute atomic E-state index is 0.135. The molecule has 1 amide bonds. The Kier molecular flexibility index (Phi) is 5.46.